The van der Waals surface area contributed by atoms with Crippen LogP contribution >= 0.6 is 11.6 Å². The number of hydrogen-bond acceptors (Lipinski definition) is 3. The summed E-state index contributed by atoms with van der Waals surface area (Å²) in [4.78, 5) is 11.9. The van der Waals surface area contributed by atoms with E-state index in [0.29, 0.717) is 30.2 Å². The zero-order valence-corrected chi connectivity index (χ0v) is 13.2. The molecule has 0 aliphatic rings. The minimum absolute atomic E-state index is 0.143. The van der Waals surface area contributed by atoms with Gasteiger partial charge in [-0.2, -0.15) is 23.4 Å². The zero-order valence-electron chi connectivity index (χ0n) is 12.5. The van der Waals surface area contributed by atoms with E-state index in [2.05, 4.69) is 15.5 Å². The molecule has 2 heterocycles. The smallest absolute Gasteiger partial charge is 0.351 e. The fourth-order valence-corrected chi connectivity index (χ4v) is 2.11. The second-order valence-corrected chi connectivity index (χ2v) is 5.38. The van der Waals surface area contributed by atoms with E-state index in [1.807, 2.05) is 0 Å². The first-order valence-corrected chi connectivity index (χ1v) is 7.15. The molecule has 0 aliphatic carbocycles. The fraction of sp³-hybridized carbons (Fsp3) is 0.462. The highest BCUT2D eigenvalue weighted by Crippen LogP contribution is 2.28. The van der Waals surface area contributed by atoms with Gasteiger partial charge in [0.05, 0.1) is 10.7 Å². The monoisotopic (exact) mass is 349 g/mol. The van der Waals surface area contributed by atoms with Crippen LogP contribution in [-0.2, 0) is 19.8 Å². The van der Waals surface area contributed by atoms with E-state index in [-0.39, 0.29) is 5.69 Å². The Morgan fingerprint density at radius 1 is 1.39 bits per heavy atom. The molecule has 0 atom stereocenters. The summed E-state index contributed by atoms with van der Waals surface area (Å²) in [6.07, 6.45) is -2.34. The number of aryl methyl sites for hydroxylation is 3. The highest BCUT2D eigenvalue weighted by molar-refractivity contribution is 6.31. The van der Waals surface area contributed by atoms with Gasteiger partial charge < -0.3 is 5.32 Å². The molecule has 10 heteroatoms. The Labute approximate surface area is 135 Å². The lowest BCUT2D eigenvalue weighted by Crippen LogP contribution is -2.27. The summed E-state index contributed by atoms with van der Waals surface area (Å²) < 4.78 is 40.2. The Hall–Kier alpha value is -2.03. The molecule has 6 nitrogen and oxygen atoms in total. The van der Waals surface area contributed by atoms with Crippen molar-refractivity contribution in [2.45, 2.75) is 26.1 Å². The minimum Gasteiger partial charge on any atom is -0.351 e. The van der Waals surface area contributed by atoms with E-state index in [9.17, 15) is 18.0 Å². The normalized spacial score (nSPS) is 11.7. The molecular formula is C13H15ClF3N5O. The summed E-state index contributed by atoms with van der Waals surface area (Å²) in [5.74, 6) is -0.606. The number of rotatable bonds is 5. The second kappa shape index (κ2) is 6.61. The third-order valence-electron chi connectivity index (χ3n) is 3.14. The van der Waals surface area contributed by atoms with E-state index < -0.39 is 17.8 Å². The quantitative estimate of drug-likeness (QED) is 0.843. The number of nitrogens with zero attached hydrogens (tertiary/aromatic N) is 4. The van der Waals surface area contributed by atoms with Crippen LogP contribution in [0.4, 0.5) is 13.2 Å². The molecule has 2 aromatic rings. The fourth-order valence-electron chi connectivity index (χ4n) is 1.96. The number of halogens is 4. The van der Waals surface area contributed by atoms with Crippen LogP contribution in [0.25, 0.3) is 0 Å². The van der Waals surface area contributed by atoms with Gasteiger partial charge >= 0.3 is 6.18 Å². The minimum atomic E-state index is -4.58. The molecule has 0 fully saturated rings. The first kappa shape index (κ1) is 17.3. The molecule has 1 amide bonds. The summed E-state index contributed by atoms with van der Waals surface area (Å²) in [6.45, 7) is 2.61. The topological polar surface area (TPSA) is 64.7 Å². The molecule has 0 aromatic carbocycles. The average Bonchev–Trinajstić information content (AvgIpc) is 2.98. The molecule has 1 N–H and O–H groups in total. The van der Waals surface area contributed by atoms with E-state index in [4.69, 9.17) is 11.6 Å². The number of nitrogens with one attached hydrogen (secondary N) is 1. The Bertz CT molecular complexity index is 688. The van der Waals surface area contributed by atoms with Gasteiger partial charge in [0, 0.05) is 32.4 Å². The largest absolute Gasteiger partial charge is 0.435 e. The van der Waals surface area contributed by atoms with Crippen molar-refractivity contribution in [1.82, 2.24) is 24.9 Å². The number of alkyl halides is 3. The summed E-state index contributed by atoms with van der Waals surface area (Å²) in [5.41, 5.74) is -0.521. The van der Waals surface area contributed by atoms with Gasteiger partial charge in [-0.1, -0.05) is 11.6 Å². The van der Waals surface area contributed by atoms with Crippen molar-refractivity contribution in [1.29, 1.82) is 0 Å². The van der Waals surface area contributed by atoms with E-state index in [0.717, 1.165) is 10.7 Å². The number of carbonyl (C=O) groups excluding carboxylic acids is 1. The van der Waals surface area contributed by atoms with E-state index >= 15 is 0 Å². The number of hydrogen-bond donors (Lipinski definition) is 1. The Balaban J connectivity index is 1.86. The van der Waals surface area contributed by atoms with Crippen molar-refractivity contribution < 1.29 is 18.0 Å². The van der Waals surface area contributed by atoms with Gasteiger partial charge in [0.1, 0.15) is 5.69 Å². The Morgan fingerprint density at radius 2 is 2.09 bits per heavy atom. The predicted molar refractivity (Wildman–Crippen MR) is 77.1 cm³/mol. The summed E-state index contributed by atoms with van der Waals surface area (Å²) in [5, 5.41) is 10.6. The van der Waals surface area contributed by atoms with Crippen molar-refractivity contribution in [3.63, 3.8) is 0 Å². The molecule has 0 bridgehead atoms. The summed E-state index contributed by atoms with van der Waals surface area (Å²) in [7, 11) is 1.29. The molecule has 126 valence electrons. The van der Waals surface area contributed by atoms with Crippen LogP contribution < -0.4 is 5.32 Å². The van der Waals surface area contributed by atoms with Gasteiger partial charge in [0.25, 0.3) is 5.91 Å². The number of carbonyl (C=O) groups is 1. The zero-order chi connectivity index (χ0) is 17.2. The molecule has 0 saturated carbocycles. The SMILES string of the molecule is Cc1nn(CCCNC(=O)c2cc(C(F)(F)F)nn2C)cc1Cl. The molecule has 2 rings (SSSR count). The highest BCUT2D eigenvalue weighted by atomic mass is 35.5. The van der Waals surface area contributed by atoms with Crippen LogP contribution in [0.2, 0.25) is 5.02 Å². The van der Waals surface area contributed by atoms with Gasteiger partial charge in [-0.05, 0) is 13.3 Å². The lowest BCUT2D eigenvalue weighted by molar-refractivity contribution is -0.141. The van der Waals surface area contributed by atoms with Crippen LogP contribution in [0.5, 0.6) is 0 Å². The third kappa shape index (κ3) is 4.25. The molecule has 0 spiro atoms. The maximum atomic E-state index is 12.5. The summed E-state index contributed by atoms with van der Waals surface area (Å²) in [6, 6.07) is 0.728. The van der Waals surface area contributed by atoms with Crippen LogP contribution in [0.3, 0.4) is 0 Å². The number of amides is 1. The molecule has 0 saturated heterocycles. The second-order valence-electron chi connectivity index (χ2n) is 4.97. The van der Waals surface area contributed by atoms with Gasteiger partial charge in [-0.15, -0.1) is 0 Å². The van der Waals surface area contributed by atoms with Gasteiger partial charge in [0.15, 0.2) is 5.69 Å². The van der Waals surface area contributed by atoms with Crippen molar-refractivity contribution in [3.05, 3.63) is 34.4 Å². The highest BCUT2D eigenvalue weighted by Gasteiger charge is 2.35. The third-order valence-corrected chi connectivity index (χ3v) is 3.51. The van der Waals surface area contributed by atoms with Gasteiger partial charge in [-0.25, -0.2) is 0 Å². The van der Waals surface area contributed by atoms with Gasteiger partial charge in [-0.3, -0.25) is 14.2 Å². The van der Waals surface area contributed by atoms with Crippen molar-refractivity contribution in [2.75, 3.05) is 6.54 Å². The molecule has 0 aliphatic heterocycles. The first-order chi connectivity index (χ1) is 10.7. The van der Waals surface area contributed by atoms with Crippen LogP contribution in [-0.4, -0.2) is 32.0 Å². The predicted octanol–water partition coefficient (Wildman–Crippen LogP) is 2.42. The van der Waals surface area contributed by atoms with Gasteiger partial charge in [0.2, 0.25) is 0 Å². The standard InChI is InChI=1S/C13H15ClF3N5O/c1-8-9(14)7-22(19-8)5-3-4-18-12(23)10-6-11(13(15,16)17)20-21(10)2/h6-7H,3-5H2,1-2H3,(H,18,23). The van der Waals surface area contributed by atoms with E-state index in [1.165, 1.54) is 7.05 Å². The maximum absolute atomic E-state index is 12.5. The van der Waals surface area contributed by atoms with E-state index in [1.54, 1.807) is 17.8 Å². The van der Waals surface area contributed by atoms with Crippen LogP contribution in [0, 0.1) is 6.92 Å². The molecule has 0 unspecified atom stereocenters. The van der Waals surface area contributed by atoms with Crippen LogP contribution in [0.15, 0.2) is 12.3 Å². The van der Waals surface area contributed by atoms with Crippen molar-refractivity contribution in [3.8, 4) is 0 Å². The molecule has 2 aromatic heterocycles. The lowest BCUT2D eigenvalue weighted by atomic mass is 10.3. The molecular weight excluding hydrogens is 335 g/mol. The lowest BCUT2D eigenvalue weighted by Gasteiger charge is -2.05. The first-order valence-electron chi connectivity index (χ1n) is 6.77. The number of aromatic nitrogens is 4. The maximum Gasteiger partial charge on any atom is 0.435 e. The Kier molecular flexibility index (Phi) is 4.98. The average molecular weight is 350 g/mol. The molecule has 0 radical (unpaired) electrons. The van der Waals surface area contributed by atoms with Crippen molar-refractivity contribution >= 4 is 17.5 Å². The molecule has 23 heavy (non-hydrogen) atoms. The summed E-state index contributed by atoms with van der Waals surface area (Å²) >= 11 is 5.87. The van der Waals surface area contributed by atoms with Crippen LogP contribution in [0.1, 0.15) is 28.3 Å². The van der Waals surface area contributed by atoms with Crippen molar-refractivity contribution in [2.24, 2.45) is 7.05 Å². The Morgan fingerprint density at radius 3 is 2.61 bits per heavy atom.